The van der Waals surface area contributed by atoms with Crippen LogP contribution < -0.4 is 4.72 Å². The van der Waals surface area contributed by atoms with Gasteiger partial charge in [0, 0.05) is 11.9 Å². The predicted molar refractivity (Wildman–Crippen MR) is 75.3 cm³/mol. The summed E-state index contributed by atoms with van der Waals surface area (Å²) in [5, 5.41) is -0.245. The molecule has 1 aromatic carbocycles. The van der Waals surface area contributed by atoms with Crippen LogP contribution in [0.5, 0.6) is 0 Å². The summed E-state index contributed by atoms with van der Waals surface area (Å²) in [5.74, 6) is -0.191. The summed E-state index contributed by atoms with van der Waals surface area (Å²) in [6.45, 7) is 4.23. The Morgan fingerprint density at radius 1 is 1.21 bits per heavy atom. The van der Waals surface area contributed by atoms with Crippen molar-refractivity contribution in [2.45, 2.75) is 37.0 Å². The lowest BCUT2D eigenvalue weighted by Crippen LogP contribution is -2.33. The summed E-state index contributed by atoms with van der Waals surface area (Å²) < 4.78 is 39.1. The lowest BCUT2D eigenvalue weighted by Gasteiger charge is -2.19. The number of benzene rings is 1. The second kappa shape index (κ2) is 7.22. The summed E-state index contributed by atoms with van der Waals surface area (Å²) >= 11 is 6.18. The van der Waals surface area contributed by atoms with Crippen molar-refractivity contribution in [3.05, 3.63) is 30.1 Å². The van der Waals surface area contributed by atoms with Crippen molar-refractivity contribution >= 4 is 21.6 Å². The minimum atomic E-state index is -3.62. The predicted octanol–water partition coefficient (Wildman–Crippen LogP) is 3.15. The fourth-order valence-corrected chi connectivity index (χ4v) is 3.44. The van der Waals surface area contributed by atoms with Crippen LogP contribution in [0.4, 0.5) is 4.39 Å². The van der Waals surface area contributed by atoms with E-state index in [-0.39, 0.29) is 22.7 Å². The van der Waals surface area contributed by atoms with Gasteiger partial charge in [0.15, 0.2) is 0 Å². The highest BCUT2D eigenvalue weighted by molar-refractivity contribution is 7.89. The van der Waals surface area contributed by atoms with E-state index in [0.29, 0.717) is 0 Å². The maximum absolute atomic E-state index is 12.8. The van der Waals surface area contributed by atoms with Gasteiger partial charge in [-0.1, -0.05) is 26.7 Å². The molecule has 108 valence electrons. The zero-order valence-electron chi connectivity index (χ0n) is 11.1. The highest BCUT2D eigenvalue weighted by atomic mass is 35.5. The van der Waals surface area contributed by atoms with Gasteiger partial charge in [-0.3, -0.25) is 0 Å². The van der Waals surface area contributed by atoms with Crippen LogP contribution in [-0.4, -0.2) is 20.3 Å². The van der Waals surface area contributed by atoms with E-state index in [0.717, 1.165) is 25.0 Å². The zero-order valence-corrected chi connectivity index (χ0v) is 12.6. The second-order valence-electron chi connectivity index (χ2n) is 4.40. The van der Waals surface area contributed by atoms with Crippen LogP contribution >= 0.6 is 11.6 Å². The van der Waals surface area contributed by atoms with Gasteiger partial charge in [-0.15, -0.1) is 11.6 Å². The normalized spacial score (nSPS) is 13.7. The Morgan fingerprint density at radius 2 is 1.74 bits per heavy atom. The Balaban J connectivity index is 2.68. The van der Waals surface area contributed by atoms with E-state index in [1.807, 2.05) is 13.8 Å². The number of rotatable bonds is 7. The second-order valence-corrected chi connectivity index (χ2v) is 6.73. The number of sulfonamides is 1. The molecule has 0 saturated heterocycles. The van der Waals surface area contributed by atoms with Gasteiger partial charge in [0.2, 0.25) is 10.0 Å². The highest BCUT2D eigenvalue weighted by Gasteiger charge is 2.20. The molecule has 0 aliphatic rings. The van der Waals surface area contributed by atoms with E-state index < -0.39 is 15.8 Å². The summed E-state index contributed by atoms with van der Waals surface area (Å²) in [6.07, 6.45) is 1.81. The van der Waals surface area contributed by atoms with Crippen LogP contribution in [-0.2, 0) is 10.0 Å². The van der Waals surface area contributed by atoms with Crippen LogP contribution in [0.2, 0.25) is 0 Å². The third-order valence-corrected chi connectivity index (χ3v) is 5.10. The molecule has 0 aromatic heterocycles. The fourth-order valence-electron chi connectivity index (χ4n) is 1.85. The first-order valence-corrected chi connectivity index (χ1v) is 8.22. The van der Waals surface area contributed by atoms with Crippen molar-refractivity contribution in [2.75, 3.05) is 6.54 Å². The van der Waals surface area contributed by atoms with Crippen LogP contribution in [0.25, 0.3) is 0 Å². The first-order valence-electron chi connectivity index (χ1n) is 6.30. The SMILES string of the molecule is CCC(CC)C(Cl)CNS(=O)(=O)c1ccc(F)cc1. The Bertz CT molecular complexity index is 486. The molecule has 0 aliphatic carbocycles. The molecular weight excluding hydrogens is 289 g/mol. The highest BCUT2D eigenvalue weighted by Crippen LogP contribution is 2.18. The number of halogens is 2. The molecule has 0 saturated carbocycles. The van der Waals surface area contributed by atoms with Gasteiger partial charge < -0.3 is 0 Å². The van der Waals surface area contributed by atoms with Gasteiger partial charge in [-0.25, -0.2) is 17.5 Å². The number of hydrogen-bond donors (Lipinski definition) is 1. The van der Waals surface area contributed by atoms with Gasteiger partial charge in [0.05, 0.1) is 4.90 Å². The van der Waals surface area contributed by atoms with E-state index in [1.54, 1.807) is 0 Å². The van der Waals surface area contributed by atoms with Crippen molar-refractivity contribution in [1.82, 2.24) is 4.72 Å². The van der Waals surface area contributed by atoms with E-state index in [1.165, 1.54) is 12.1 Å². The summed E-state index contributed by atoms with van der Waals surface area (Å²) in [6, 6.07) is 4.71. The minimum Gasteiger partial charge on any atom is -0.210 e. The van der Waals surface area contributed by atoms with E-state index >= 15 is 0 Å². The lowest BCUT2D eigenvalue weighted by molar-refractivity contribution is 0.460. The van der Waals surface area contributed by atoms with Crippen LogP contribution in [0.15, 0.2) is 29.2 Å². The molecule has 0 fully saturated rings. The average Bonchev–Trinajstić information content (AvgIpc) is 2.38. The monoisotopic (exact) mass is 307 g/mol. The first kappa shape index (κ1) is 16.4. The molecule has 1 aromatic rings. The first-order chi connectivity index (χ1) is 8.90. The Kier molecular flexibility index (Phi) is 6.23. The van der Waals surface area contributed by atoms with Crippen LogP contribution in [0.1, 0.15) is 26.7 Å². The molecule has 1 N–H and O–H groups in total. The smallest absolute Gasteiger partial charge is 0.210 e. The van der Waals surface area contributed by atoms with Crippen LogP contribution in [0, 0.1) is 11.7 Å². The molecule has 0 spiro atoms. The average molecular weight is 308 g/mol. The van der Waals surface area contributed by atoms with Gasteiger partial charge in [0.25, 0.3) is 0 Å². The largest absolute Gasteiger partial charge is 0.240 e. The topological polar surface area (TPSA) is 46.2 Å². The zero-order chi connectivity index (χ0) is 14.5. The molecule has 0 heterocycles. The Hall–Kier alpha value is -0.650. The maximum Gasteiger partial charge on any atom is 0.240 e. The fraction of sp³-hybridized carbons (Fsp3) is 0.538. The number of hydrogen-bond acceptors (Lipinski definition) is 2. The molecule has 3 nitrogen and oxygen atoms in total. The van der Waals surface area contributed by atoms with Crippen molar-refractivity contribution in [1.29, 1.82) is 0 Å². The number of nitrogens with one attached hydrogen (secondary N) is 1. The Labute approximate surface area is 119 Å². The third-order valence-electron chi connectivity index (χ3n) is 3.15. The minimum absolute atomic E-state index is 0.0438. The van der Waals surface area contributed by atoms with E-state index in [9.17, 15) is 12.8 Å². The van der Waals surface area contributed by atoms with Crippen molar-refractivity contribution in [3.63, 3.8) is 0 Å². The summed E-state index contributed by atoms with van der Waals surface area (Å²) in [4.78, 5) is 0.0438. The Morgan fingerprint density at radius 3 is 2.21 bits per heavy atom. The molecule has 1 rings (SSSR count). The molecule has 0 amide bonds. The van der Waals surface area contributed by atoms with Gasteiger partial charge >= 0.3 is 0 Å². The van der Waals surface area contributed by atoms with Crippen molar-refractivity contribution in [2.24, 2.45) is 5.92 Å². The van der Waals surface area contributed by atoms with E-state index in [4.69, 9.17) is 11.6 Å². The summed E-state index contributed by atoms with van der Waals surface area (Å²) in [7, 11) is -3.62. The molecule has 0 bridgehead atoms. The molecular formula is C13H19ClFNO2S. The quantitative estimate of drug-likeness (QED) is 0.787. The van der Waals surface area contributed by atoms with Gasteiger partial charge in [-0.05, 0) is 30.2 Å². The molecule has 1 atom stereocenters. The van der Waals surface area contributed by atoms with Crippen LogP contribution in [0.3, 0.4) is 0 Å². The molecule has 0 radical (unpaired) electrons. The third kappa shape index (κ3) is 4.75. The number of alkyl halides is 1. The molecule has 0 aliphatic heterocycles. The standard InChI is InChI=1S/C13H19ClFNO2S/c1-3-10(4-2)13(14)9-16-19(17,18)12-7-5-11(15)6-8-12/h5-8,10,13,16H,3-4,9H2,1-2H3. The lowest BCUT2D eigenvalue weighted by atomic mass is 9.99. The summed E-state index contributed by atoms with van der Waals surface area (Å²) in [5.41, 5.74) is 0. The van der Waals surface area contributed by atoms with E-state index in [2.05, 4.69) is 4.72 Å². The maximum atomic E-state index is 12.8. The molecule has 19 heavy (non-hydrogen) atoms. The molecule has 6 heteroatoms. The van der Waals surface area contributed by atoms with Gasteiger partial charge in [0.1, 0.15) is 5.82 Å². The molecule has 1 unspecified atom stereocenters. The van der Waals surface area contributed by atoms with Gasteiger partial charge in [-0.2, -0.15) is 0 Å². The van der Waals surface area contributed by atoms with Crippen molar-refractivity contribution < 1.29 is 12.8 Å². The van der Waals surface area contributed by atoms with Crippen molar-refractivity contribution in [3.8, 4) is 0 Å².